The van der Waals surface area contributed by atoms with Gasteiger partial charge in [0.15, 0.2) is 0 Å². The van der Waals surface area contributed by atoms with Crippen molar-refractivity contribution in [1.29, 1.82) is 0 Å². The van der Waals surface area contributed by atoms with E-state index in [1.165, 1.54) is 6.42 Å². The quantitative estimate of drug-likeness (QED) is 0.740. The number of carbonyl (C=O) groups excluding carboxylic acids is 1. The molecular formula is C12H16N2O. The third-order valence-corrected chi connectivity index (χ3v) is 2.84. The van der Waals surface area contributed by atoms with Gasteiger partial charge in [-0.15, -0.1) is 0 Å². The first-order valence-corrected chi connectivity index (χ1v) is 5.30. The molecule has 0 aromatic heterocycles. The number of nitrogens with one attached hydrogen (secondary N) is 2. The lowest BCUT2D eigenvalue weighted by Crippen LogP contribution is -2.44. The Kier molecular flexibility index (Phi) is 2.73. The van der Waals surface area contributed by atoms with Crippen molar-refractivity contribution in [3.8, 4) is 0 Å². The monoisotopic (exact) mass is 204 g/mol. The van der Waals surface area contributed by atoms with Crippen LogP contribution in [0.2, 0.25) is 0 Å². The van der Waals surface area contributed by atoms with Crippen LogP contribution in [0.5, 0.6) is 0 Å². The number of aldehydes is 1. The first-order valence-electron chi connectivity index (χ1n) is 5.30. The van der Waals surface area contributed by atoms with Crippen molar-refractivity contribution < 1.29 is 4.79 Å². The van der Waals surface area contributed by atoms with Gasteiger partial charge in [0.2, 0.25) is 0 Å². The van der Waals surface area contributed by atoms with E-state index in [2.05, 4.69) is 17.6 Å². The molecule has 1 aromatic carbocycles. The van der Waals surface area contributed by atoms with Crippen molar-refractivity contribution in [3.63, 3.8) is 0 Å². The van der Waals surface area contributed by atoms with Crippen molar-refractivity contribution in [2.75, 3.05) is 11.9 Å². The molecule has 1 atom stereocenters. The Morgan fingerprint density at radius 3 is 2.67 bits per heavy atom. The van der Waals surface area contributed by atoms with Crippen molar-refractivity contribution in [2.24, 2.45) is 0 Å². The second-order valence-corrected chi connectivity index (χ2v) is 4.23. The van der Waals surface area contributed by atoms with Gasteiger partial charge in [0.05, 0.1) is 5.66 Å². The standard InChI is InChI=1S/C12H16N2O/c1-12(7-2-8-13-12)14-11-5-3-10(9-15)4-6-11/h3-6,9,13-14H,2,7-8H2,1H3/t12-/m0/s1. The SMILES string of the molecule is C[C@]1(Nc2ccc(C=O)cc2)CCCN1. The molecule has 0 bridgehead atoms. The molecule has 2 N–H and O–H groups in total. The van der Waals surface area contributed by atoms with Crippen LogP contribution in [-0.2, 0) is 0 Å². The largest absolute Gasteiger partial charge is 0.367 e. The molecule has 15 heavy (non-hydrogen) atoms. The average molecular weight is 204 g/mol. The number of hydrogen-bond acceptors (Lipinski definition) is 3. The van der Waals surface area contributed by atoms with Crippen LogP contribution in [-0.4, -0.2) is 18.5 Å². The first-order chi connectivity index (χ1) is 7.22. The molecule has 1 fully saturated rings. The smallest absolute Gasteiger partial charge is 0.150 e. The van der Waals surface area contributed by atoms with Crippen LogP contribution < -0.4 is 10.6 Å². The maximum atomic E-state index is 10.5. The molecule has 1 saturated heterocycles. The molecule has 1 aliphatic rings. The van der Waals surface area contributed by atoms with E-state index in [0.717, 1.165) is 24.9 Å². The number of hydrogen-bond donors (Lipinski definition) is 2. The molecule has 1 heterocycles. The van der Waals surface area contributed by atoms with Gasteiger partial charge in [-0.2, -0.15) is 0 Å². The summed E-state index contributed by atoms with van der Waals surface area (Å²) in [4.78, 5) is 10.5. The van der Waals surface area contributed by atoms with E-state index >= 15 is 0 Å². The molecule has 2 rings (SSSR count). The zero-order valence-corrected chi connectivity index (χ0v) is 8.92. The van der Waals surface area contributed by atoms with E-state index in [1.54, 1.807) is 0 Å². The molecule has 1 aliphatic heterocycles. The third kappa shape index (κ3) is 2.36. The van der Waals surface area contributed by atoms with Crippen LogP contribution in [0, 0.1) is 0 Å². The fraction of sp³-hybridized carbons (Fsp3) is 0.417. The van der Waals surface area contributed by atoms with Gasteiger partial charge in [0.1, 0.15) is 6.29 Å². The minimum absolute atomic E-state index is 0.00267. The lowest BCUT2D eigenvalue weighted by atomic mass is 10.1. The maximum absolute atomic E-state index is 10.5. The van der Waals surface area contributed by atoms with Gasteiger partial charge in [-0.3, -0.25) is 10.1 Å². The molecule has 3 heteroatoms. The molecular weight excluding hydrogens is 188 g/mol. The third-order valence-electron chi connectivity index (χ3n) is 2.84. The Balaban J connectivity index is 2.07. The molecule has 0 spiro atoms. The summed E-state index contributed by atoms with van der Waals surface area (Å²) in [6.07, 6.45) is 3.19. The topological polar surface area (TPSA) is 41.1 Å². The van der Waals surface area contributed by atoms with Gasteiger partial charge in [0.25, 0.3) is 0 Å². The Bertz CT molecular complexity index is 339. The summed E-state index contributed by atoms with van der Waals surface area (Å²) >= 11 is 0. The zero-order valence-electron chi connectivity index (χ0n) is 8.92. The predicted octanol–water partition coefficient (Wildman–Crippen LogP) is 2.01. The molecule has 3 nitrogen and oxygen atoms in total. The van der Waals surface area contributed by atoms with Crippen LogP contribution in [0.25, 0.3) is 0 Å². The van der Waals surface area contributed by atoms with E-state index in [-0.39, 0.29) is 5.66 Å². The Labute approximate surface area is 89.9 Å². The number of carbonyl (C=O) groups is 1. The highest BCUT2D eigenvalue weighted by atomic mass is 16.1. The van der Waals surface area contributed by atoms with Crippen LogP contribution in [0.15, 0.2) is 24.3 Å². The highest BCUT2D eigenvalue weighted by Gasteiger charge is 2.27. The van der Waals surface area contributed by atoms with Gasteiger partial charge in [0, 0.05) is 11.3 Å². The Morgan fingerprint density at radius 1 is 1.40 bits per heavy atom. The van der Waals surface area contributed by atoms with E-state index in [9.17, 15) is 4.79 Å². The van der Waals surface area contributed by atoms with E-state index < -0.39 is 0 Å². The number of anilines is 1. The molecule has 0 saturated carbocycles. The van der Waals surface area contributed by atoms with E-state index in [1.807, 2.05) is 24.3 Å². The van der Waals surface area contributed by atoms with Gasteiger partial charge in [-0.25, -0.2) is 0 Å². The molecule has 0 amide bonds. The summed E-state index contributed by atoms with van der Waals surface area (Å²) in [7, 11) is 0. The first kappa shape index (κ1) is 10.2. The lowest BCUT2D eigenvalue weighted by Gasteiger charge is -2.27. The van der Waals surface area contributed by atoms with Crippen molar-refractivity contribution in [2.45, 2.75) is 25.4 Å². The summed E-state index contributed by atoms with van der Waals surface area (Å²) < 4.78 is 0. The zero-order chi connectivity index (χ0) is 10.7. The normalized spacial score (nSPS) is 25.1. The van der Waals surface area contributed by atoms with Gasteiger partial charge >= 0.3 is 0 Å². The summed E-state index contributed by atoms with van der Waals surface area (Å²) in [6, 6.07) is 7.53. The second-order valence-electron chi connectivity index (χ2n) is 4.23. The predicted molar refractivity (Wildman–Crippen MR) is 61.1 cm³/mol. The van der Waals surface area contributed by atoms with Crippen LogP contribution in [0.3, 0.4) is 0 Å². The molecule has 80 valence electrons. The lowest BCUT2D eigenvalue weighted by molar-refractivity contribution is 0.112. The highest BCUT2D eigenvalue weighted by molar-refractivity contribution is 5.75. The van der Waals surface area contributed by atoms with Gasteiger partial charge in [-0.1, -0.05) is 0 Å². The van der Waals surface area contributed by atoms with Crippen LogP contribution >= 0.6 is 0 Å². The fourth-order valence-corrected chi connectivity index (χ4v) is 1.96. The number of benzene rings is 1. The van der Waals surface area contributed by atoms with Crippen LogP contribution in [0.4, 0.5) is 5.69 Å². The Morgan fingerprint density at radius 2 is 2.13 bits per heavy atom. The molecule has 1 aromatic rings. The highest BCUT2D eigenvalue weighted by Crippen LogP contribution is 2.21. The molecule has 0 radical (unpaired) electrons. The van der Waals surface area contributed by atoms with E-state index in [0.29, 0.717) is 5.56 Å². The second kappa shape index (κ2) is 4.03. The average Bonchev–Trinajstić information content (AvgIpc) is 2.66. The Hall–Kier alpha value is -1.35. The summed E-state index contributed by atoms with van der Waals surface area (Å²) in [5.41, 5.74) is 1.77. The van der Waals surface area contributed by atoms with E-state index in [4.69, 9.17) is 0 Å². The van der Waals surface area contributed by atoms with Crippen LogP contribution in [0.1, 0.15) is 30.1 Å². The summed E-state index contributed by atoms with van der Waals surface area (Å²) in [5, 5.41) is 6.87. The fourth-order valence-electron chi connectivity index (χ4n) is 1.96. The number of rotatable bonds is 3. The maximum Gasteiger partial charge on any atom is 0.150 e. The van der Waals surface area contributed by atoms with Crippen molar-refractivity contribution >= 4 is 12.0 Å². The molecule has 0 aliphatic carbocycles. The summed E-state index contributed by atoms with van der Waals surface area (Å²) in [6.45, 7) is 3.23. The minimum atomic E-state index is 0.00267. The van der Waals surface area contributed by atoms with Gasteiger partial charge in [-0.05, 0) is 50.6 Å². The summed E-state index contributed by atoms with van der Waals surface area (Å²) in [5.74, 6) is 0. The van der Waals surface area contributed by atoms with Gasteiger partial charge < -0.3 is 5.32 Å². The molecule has 0 unspecified atom stereocenters. The minimum Gasteiger partial charge on any atom is -0.367 e. The van der Waals surface area contributed by atoms with Crippen molar-refractivity contribution in [3.05, 3.63) is 29.8 Å². The van der Waals surface area contributed by atoms with Crippen molar-refractivity contribution in [1.82, 2.24) is 5.32 Å².